The minimum Gasteiger partial charge on any atom is -0.355 e. The first-order valence-electron chi connectivity index (χ1n) is 8.24. The van der Waals surface area contributed by atoms with Crippen LogP contribution in [0.4, 0.5) is 13.2 Å². The summed E-state index contributed by atoms with van der Waals surface area (Å²) in [6.45, 7) is 7.20. The summed E-state index contributed by atoms with van der Waals surface area (Å²) in [6, 6.07) is 0. The van der Waals surface area contributed by atoms with Crippen LogP contribution < -0.4 is 0 Å². The minimum absolute atomic E-state index is 0.0971. The number of aliphatic hydroxyl groups is 1. The van der Waals surface area contributed by atoms with E-state index < -0.39 is 41.1 Å². The van der Waals surface area contributed by atoms with E-state index >= 15 is 0 Å². The number of hydrogen-bond acceptors (Lipinski definition) is 5. The molecule has 5 rings (SSSR count). The summed E-state index contributed by atoms with van der Waals surface area (Å²) in [5.74, 6) is -5.28. The van der Waals surface area contributed by atoms with E-state index in [1.807, 2.05) is 6.92 Å². The largest absolute Gasteiger partial charge is 0.447 e. The van der Waals surface area contributed by atoms with Crippen molar-refractivity contribution in [2.24, 2.45) is 17.8 Å². The first kappa shape index (κ1) is 16.8. The fourth-order valence-electron chi connectivity index (χ4n) is 4.86. The van der Waals surface area contributed by atoms with Gasteiger partial charge in [-0.2, -0.15) is 13.2 Å². The molecule has 1 N–H and O–H groups in total. The monoisotopic (exact) mass is 350 g/mol. The molecule has 0 aromatic carbocycles. The molecule has 5 aliphatic rings. The number of fused-ring (bicyclic) bond motifs is 2. The Morgan fingerprint density at radius 1 is 1.17 bits per heavy atom. The van der Waals surface area contributed by atoms with Gasteiger partial charge < -0.3 is 14.6 Å². The zero-order valence-electron chi connectivity index (χ0n) is 13.6. The summed E-state index contributed by atoms with van der Waals surface area (Å²) in [4.78, 5) is 11.2. The predicted molar refractivity (Wildman–Crippen MR) is 74.0 cm³/mol. The molecule has 1 saturated carbocycles. The average Bonchev–Trinajstić information content (AvgIpc) is 2.70. The smallest absolute Gasteiger partial charge is 0.355 e. The summed E-state index contributed by atoms with van der Waals surface area (Å²) in [5.41, 5.74) is -1.64. The molecule has 2 bridgehead atoms. The summed E-state index contributed by atoms with van der Waals surface area (Å²) in [5, 5.41) is 10.3. The second-order valence-electron chi connectivity index (χ2n) is 7.64. The molecule has 8 heteroatoms. The van der Waals surface area contributed by atoms with Gasteiger partial charge in [0.1, 0.15) is 0 Å². The standard InChI is InChI=1S/C16H21F3O5/c1-8-4-5-11-9(2)15(20,16(17,18)19)22-12-14(11)10(8)6-7-13(3,21-12)23-24-14/h8,10-12,20H,2,4-7H2,1,3H3/t8-,10+,11+,12+,13-,14-,15-/m1/s1. The van der Waals surface area contributed by atoms with Crippen LogP contribution in [0.5, 0.6) is 0 Å². The normalized spacial score (nSPS) is 54.3. The van der Waals surface area contributed by atoms with Crippen molar-refractivity contribution in [2.45, 2.75) is 69.2 Å². The molecular weight excluding hydrogens is 329 g/mol. The lowest BCUT2D eigenvalue weighted by molar-refractivity contribution is -0.581. The van der Waals surface area contributed by atoms with Crippen LogP contribution >= 0.6 is 0 Å². The van der Waals surface area contributed by atoms with E-state index in [4.69, 9.17) is 19.2 Å². The first-order valence-corrected chi connectivity index (χ1v) is 8.24. The number of halogens is 3. The summed E-state index contributed by atoms with van der Waals surface area (Å²) in [6.07, 6.45) is -4.09. The van der Waals surface area contributed by atoms with Crippen LogP contribution in [0, 0.1) is 17.8 Å². The number of rotatable bonds is 0. The SMILES string of the molecule is C=C1[C@@H]2CC[C@@H](C)[C@@H]3CC[C@@]4(C)OO[C@@]23[C@@H](O4)O[C@@]1(O)C(F)(F)F. The molecule has 1 aliphatic carbocycles. The highest BCUT2D eigenvalue weighted by Gasteiger charge is 2.75. The predicted octanol–water partition coefficient (Wildman–Crippen LogP) is 3.04. The van der Waals surface area contributed by atoms with Crippen LogP contribution in [0.15, 0.2) is 12.2 Å². The van der Waals surface area contributed by atoms with E-state index in [2.05, 4.69) is 6.58 Å². The first-order chi connectivity index (χ1) is 11.0. The zero-order valence-corrected chi connectivity index (χ0v) is 13.6. The third kappa shape index (κ3) is 1.89. The Morgan fingerprint density at radius 2 is 1.88 bits per heavy atom. The Kier molecular flexibility index (Phi) is 3.31. The van der Waals surface area contributed by atoms with Crippen molar-refractivity contribution >= 4 is 0 Å². The number of ether oxygens (including phenoxy) is 2. The van der Waals surface area contributed by atoms with Gasteiger partial charge in [-0.3, -0.25) is 0 Å². The lowest BCUT2D eigenvalue weighted by atomic mass is 9.58. The average molecular weight is 350 g/mol. The summed E-state index contributed by atoms with van der Waals surface area (Å²) >= 11 is 0. The molecule has 24 heavy (non-hydrogen) atoms. The third-order valence-corrected chi connectivity index (χ3v) is 6.24. The van der Waals surface area contributed by atoms with Crippen LogP contribution in [0.1, 0.15) is 39.5 Å². The van der Waals surface area contributed by atoms with Crippen molar-refractivity contribution < 1.29 is 37.5 Å². The summed E-state index contributed by atoms with van der Waals surface area (Å²) < 4.78 is 51.4. The molecule has 4 aliphatic heterocycles. The van der Waals surface area contributed by atoms with Crippen molar-refractivity contribution in [2.75, 3.05) is 0 Å². The second-order valence-corrected chi connectivity index (χ2v) is 7.64. The lowest BCUT2D eigenvalue weighted by Crippen LogP contribution is -2.73. The van der Waals surface area contributed by atoms with Gasteiger partial charge in [-0.1, -0.05) is 13.5 Å². The molecule has 7 atom stereocenters. The van der Waals surface area contributed by atoms with Crippen molar-refractivity contribution in [1.82, 2.24) is 0 Å². The van der Waals surface area contributed by atoms with E-state index in [1.165, 1.54) is 0 Å². The van der Waals surface area contributed by atoms with Crippen LogP contribution in [0.25, 0.3) is 0 Å². The van der Waals surface area contributed by atoms with Crippen LogP contribution in [0.2, 0.25) is 0 Å². The van der Waals surface area contributed by atoms with Crippen molar-refractivity contribution in [3.63, 3.8) is 0 Å². The van der Waals surface area contributed by atoms with E-state index in [-0.39, 0.29) is 11.8 Å². The fourth-order valence-corrected chi connectivity index (χ4v) is 4.86. The highest BCUT2D eigenvalue weighted by molar-refractivity contribution is 5.27. The fraction of sp³-hybridized carbons (Fsp3) is 0.875. The molecular formula is C16H21F3O5. The molecule has 136 valence electrons. The Bertz CT molecular complexity index is 581. The Labute approximate surface area is 137 Å². The van der Waals surface area contributed by atoms with Gasteiger partial charge in [-0.15, -0.1) is 0 Å². The Morgan fingerprint density at radius 3 is 2.54 bits per heavy atom. The van der Waals surface area contributed by atoms with Gasteiger partial charge >= 0.3 is 6.18 Å². The molecule has 0 radical (unpaired) electrons. The van der Waals surface area contributed by atoms with Crippen LogP contribution in [0.3, 0.4) is 0 Å². The van der Waals surface area contributed by atoms with E-state index in [9.17, 15) is 18.3 Å². The van der Waals surface area contributed by atoms with Crippen molar-refractivity contribution in [3.05, 3.63) is 12.2 Å². The van der Waals surface area contributed by atoms with E-state index in [0.29, 0.717) is 19.3 Å². The van der Waals surface area contributed by atoms with Gasteiger partial charge in [-0.25, -0.2) is 9.78 Å². The highest BCUT2D eigenvalue weighted by atomic mass is 19.4. The highest BCUT2D eigenvalue weighted by Crippen LogP contribution is 2.63. The quantitative estimate of drug-likeness (QED) is 0.538. The Balaban J connectivity index is 1.85. The van der Waals surface area contributed by atoms with E-state index in [0.717, 1.165) is 6.42 Å². The van der Waals surface area contributed by atoms with Crippen LogP contribution in [-0.4, -0.2) is 34.7 Å². The molecule has 4 heterocycles. The Hall–Kier alpha value is -0.670. The molecule has 0 amide bonds. The molecule has 5 nitrogen and oxygen atoms in total. The molecule has 4 saturated heterocycles. The van der Waals surface area contributed by atoms with Gasteiger partial charge in [0.2, 0.25) is 5.79 Å². The van der Waals surface area contributed by atoms with Crippen molar-refractivity contribution in [3.8, 4) is 0 Å². The minimum atomic E-state index is -5.01. The second kappa shape index (κ2) is 4.73. The molecule has 0 unspecified atom stereocenters. The molecule has 0 aromatic heterocycles. The maximum atomic E-state index is 13.5. The van der Waals surface area contributed by atoms with Gasteiger partial charge in [0.25, 0.3) is 5.79 Å². The van der Waals surface area contributed by atoms with Crippen LogP contribution in [-0.2, 0) is 19.2 Å². The number of alkyl halides is 3. The van der Waals surface area contributed by atoms with Gasteiger partial charge in [0.05, 0.1) is 0 Å². The van der Waals surface area contributed by atoms with Gasteiger partial charge in [-0.05, 0) is 43.6 Å². The maximum Gasteiger partial charge on any atom is 0.447 e. The molecule has 1 spiro atoms. The zero-order chi connectivity index (χ0) is 17.5. The molecule has 0 aromatic rings. The number of hydrogen-bond donors (Lipinski definition) is 1. The summed E-state index contributed by atoms with van der Waals surface area (Å²) in [7, 11) is 0. The van der Waals surface area contributed by atoms with Crippen molar-refractivity contribution in [1.29, 1.82) is 0 Å². The third-order valence-electron chi connectivity index (χ3n) is 6.24. The molecule has 5 fully saturated rings. The van der Waals surface area contributed by atoms with E-state index in [1.54, 1.807) is 6.92 Å². The maximum absolute atomic E-state index is 13.5. The van der Waals surface area contributed by atoms with Gasteiger partial charge in [0, 0.05) is 12.3 Å². The van der Waals surface area contributed by atoms with Gasteiger partial charge in [0.15, 0.2) is 11.9 Å². The lowest BCUT2D eigenvalue weighted by Gasteiger charge is -2.60. The topological polar surface area (TPSA) is 57.2 Å².